The maximum atomic E-state index is 5.68. The molecule has 1 aromatic carbocycles. The average molecular weight is 229 g/mol. The molecule has 88 valence electrons. The van der Waals surface area contributed by atoms with E-state index < -0.39 is 0 Å². The SMILES string of the molecule is c1ccc(-c2n[nH]c(C3CCCCO3)n2)cc1. The normalized spacial score (nSPS) is 20.4. The van der Waals surface area contributed by atoms with Gasteiger partial charge in [0, 0.05) is 12.2 Å². The van der Waals surface area contributed by atoms with E-state index in [4.69, 9.17) is 4.74 Å². The van der Waals surface area contributed by atoms with E-state index in [9.17, 15) is 0 Å². The highest BCUT2D eigenvalue weighted by Gasteiger charge is 2.19. The van der Waals surface area contributed by atoms with Crippen molar-refractivity contribution in [3.63, 3.8) is 0 Å². The van der Waals surface area contributed by atoms with Crippen molar-refractivity contribution in [3.8, 4) is 11.4 Å². The van der Waals surface area contributed by atoms with Gasteiger partial charge in [-0.2, -0.15) is 5.10 Å². The summed E-state index contributed by atoms with van der Waals surface area (Å²) in [6.45, 7) is 0.825. The number of nitrogens with zero attached hydrogens (tertiary/aromatic N) is 2. The van der Waals surface area contributed by atoms with Crippen LogP contribution in [0.15, 0.2) is 30.3 Å². The lowest BCUT2D eigenvalue weighted by Gasteiger charge is -2.19. The van der Waals surface area contributed by atoms with Crippen LogP contribution in [-0.4, -0.2) is 21.8 Å². The molecule has 4 nitrogen and oxygen atoms in total. The highest BCUT2D eigenvalue weighted by molar-refractivity contribution is 5.53. The number of rotatable bonds is 2. The number of benzene rings is 1. The number of nitrogens with one attached hydrogen (secondary N) is 1. The summed E-state index contributed by atoms with van der Waals surface area (Å²) in [7, 11) is 0. The van der Waals surface area contributed by atoms with Gasteiger partial charge >= 0.3 is 0 Å². The van der Waals surface area contributed by atoms with Gasteiger partial charge in [0.05, 0.1) is 0 Å². The number of H-pyrrole nitrogens is 1. The molecule has 4 heteroatoms. The fraction of sp³-hybridized carbons (Fsp3) is 0.385. The zero-order valence-corrected chi connectivity index (χ0v) is 9.60. The van der Waals surface area contributed by atoms with E-state index >= 15 is 0 Å². The van der Waals surface area contributed by atoms with Crippen LogP contribution in [0.1, 0.15) is 31.2 Å². The maximum Gasteiger partial charge on any atom is 0.181 e. The van der Waals surface area contributed by atoms with Crippen molar-refractivity contribution in [2.75, 3.05) is 6.61 Å². The molecule has 1 saturated heterocycles. The van der Waals surface area contributed by atoms with Crippen molar-refractivity contribution in [1.29, 1.82) is 0 Å². The van der Waals surface area contributed by atoms with Gasteiger partial charge in [0.2, 0.25) is 0 Å². The van der Waals surface area contributed by atoms with Crippen molar-refractivity contribution >= 4 is 0 Å². The number of aromatic nitrogens is 3. The Morgan fingerprint density at radius 1 is 1.18 bits per heavy atom. The molecule has 1 unspecified atom stereocenters. The molecule has 0 radical (unpaired) electrons. The third-order valence-electron chi connectivity index (χ3n) is 3.02. The second kappa shape index (κ2) is 4.67. The Kier molecular flexibility index (Phi) is 2.88. The molecule has 2 aromatic rings. The quantitative estimate of drug-likeness (QED) is 0.861. The predicted molar refractivity (Wildman–Crippen MR) is 64.4 cm³/mol. The minimum atomic E-state index is 0.0914. The van der Waals surface area contributed by atoms with E-state index in [2.05, 4.69) is 15.2 Å². The van der Waals surface area contributed by atoms with Gasteiger partial charge in [-0.3, -0.25) is 5.10 Å². The van der Waals surface area contributed by atoms with Crippen LogP contribution in [0.4, 0.5) is 0 Å². The molecule has 0 aliphatic carbocycles. The van der Waals surface area contributed by atoms with E-state index in [1.165, 1.54) is 6.42 Å². The summed E-state index contributed by atoms with van der Waals surface area (Å²) < 4.78 is 5.68. The molecule has 1 fully saturated rings. The van der Waals surface area contributed by atoms with Crippen molar-refractivity contribution in [1.82, 2.24) is 15.2 Å². The first-order valence-corrected chi connectivity index (χ1v) is 6.03. The predicted octanol–water partition coefficient (Wildman–Crippen LogP) is 2.71. The molecule has 0 bridgehead atoms. The minimum Gasteiger partial charge on any atom is -0.370 e. The van der Waals surface area contributed by atoms with Crippen molar-refractivity contribution in [3.05, 3.63) is 36.2 Å². The molecular formula is C13H15N3O. The van der Waals surface area contributed by atoms with Gasteiger partial charge in [0.15, 0.2) is 11.6 Å². The Morgan fingerprint density at radius 3 is 2.82 bits per heavy atom. The van der Waals surface area contributed by atoms with E-state index in [1.807, 2.05) is 30.3 Å². The van der Waals surface area contributed by atoms with Crippen LogP contribution in [0.25, 0.3) is 11.4 Å². The summed E-state index contributed by atoms with van der Waals surface area (Å²) in [5.41, 5.74) is 1.03. The lowest BCUT2D eigenvalue weighted by molar-refractivity contribution is 0.00969. The van der Waals surface area contributed by atoms with Gasteiger partial charge in [-0.1, -0.05) is 30.3 Å². The maximum absolute atomic E-state index is 5.68. The third-order valence-corrected chi connectivity index (χ3v) is 3.02. The van der Waals surface area contributed by atoms with Crippen molar-refractivity contribution in [2.24, 2.45) is 0 Å². The first kappa shape index (κ1) is 10.5. The standard InChI is InChI=1S/C13H15N3O/c1-2-6-10(7-3-1)12-14-13(16-15-12)11-8-4-5-9-17-11/h1-3,6-7,11H,4-5,8-9H2,(H,14,15,16). The monoisotopic (exact) mass is 229 g/mol. The zero-order chi connectivity index (χ0) is 11.5. The molecule has 0 saturated carbocycles. The van der Waals surface area contributed by atoms with Crippen molar-refractivity contribution in [2.45, 2.75) is 25.4 Å². The lowest BCUT2D eigenvalue weighted by Crippen LogP contribution is -2.12. The molecule has 2 heterocycles. The average Bonchev–Trinajstić information content (AvgIpc) is 2.90. The van der Waals surface area contributed by atoms with E-state index in [0.717, 1.165) is 36.7 Å². The Morgan fingerprint density at radius 2 is 2.06 bits per heavy atom. The second-order valence-electron chi connectivity index (χ2n) is 4.27. The molecule has 3 rings (SSSR count). The molecule has 1 aliphatic rings. The molecule has 1 aliphatic heterocycles. The third kappa shape index (κ3) is 2.22. The highest BCUT2D eigenvalue weighted by Crippen LogP contribution is 2.26. The Hall–Kier alpha value is -1.68. The van der Waals surface area contributed by atoms with Crippen molar-refractivity contribution < 1.29 is 4.74 Å². The summed E-state index contributed by atoms with van der Waals surface area (Å²) in [6, 6.07) is 9.98. The number of hydrogen-bond acceptors (Lipinski definition) is 3. The summed E-state index contributed by atoms with van der Waals surface area (Å²) in [5.74, 6) is 1.60. The lowest BCUT2D eigenvalue weighted by atomic mass is 10.1. The first-order valence-electron chi connectivity index (χ1n) is 6.03. The van der Waals surface area contributed by atoms with E-state index in [0.29, 0.717) is 0 Å². The van der Waals surface area contributed by atoms with Crippen LogP contribution < -0.4 is 0 Å². The van der Waals surface area contributed by atoms with Gasteiger partial charge in [0.25, 0.3) is 0 Å². The summed E-state index contributed by atoms with van der Waals surface area (Å²) in [6.07, 6.45) is 3.47. The Labute approximate surface area is 100 Å². The van der Waals surface area contributed by atoms with Crippen LogP contribution in [-0.2, 0) is 4.74 Å². The first-order chi connectivity index (χ1) is 8.43. The van der Waals surface area contributed by atoms with Crippen LogP contribution in [0.5, 0.6) is 0 Å². The largest absolute Gasteiger partial charge is 0.370 e. The van der Waals surface area contributed by atoms with E-state index in [-0.39, 0.29) is 6.10 Å². The smallest absolute Gasteiger partial charge is 0.181 e. The van der Waals surface area contributed by atoms with Crippen LogP contribution in [0.2, 0.25) is 0 Å². The summed E-state index contributed by atoms with van der Waals surface area (Å²) in [5, 5.41) is 7.23. The van der Waals surface area contributed by atoms with E-state index in [1.54, 1.807) is 0 Å². The van der Waals surface area contributed by atoms with Crippen LogP contribution in [0.3, 0.4) is 0 Å². The molecule has 1 N–H and O–H groups in total. The van der Waals surface area contributed by atoms with Gasteiger partial charge < -0.3 is 4.74 Å². The van der Waals surface area contributed by atoms with Gasteiger partial charge in [-0.05, 0) is 19.3 Å². The molecule has 0 spiro atoms. The van der Waals surface area contributed by atoms with Gasteiger partial charge in [-0.15, -0.1) is 0 Å². The minimum absolute atomic E-state index is 0.0914. The molecular weight excluding hydrogens is 214 g/mol. The summed E-state index contributed by atoms with van der Waals surface area (Å²) in [4.78, 5) is 4.51. The van der Waals surface area contributed by atoms with Gasteiger partial charge in [0.1, 0.15) is 6.10 Å². The number of aromatic amines is 1. The zero-order valence-electron chi connectivity index (χ0n) is 9.60. The second-order valence-corrected chi connectivity index (χ2v) is 4.27. The molecule has 0 amide bonds. The van der Waals surface area contributed by atoms with Crippen LogP contribution >= 0.6 is 0 Å². The fourth-order valence-electron chi connectivity index (χ4n) is 2.09. The van der Waals surface area contributed by atoms with Crippen LogP contribution in [0, 0.1) is 0 Å². The summed E-state index contributed by atoms with van der Waals surface area (Å²) >= 11 is 0. The molecule has 1 atom stereocenters. The highest BCUT2D eigenvalue weighted by atomic mass is 16.5. The number of ether oxygens (including phenoxy) is 1. The molecule has 1 aromatic heterocycles. The molecule has 17 heavy (non-hydrogen) atoms. The topological polar surface area (TPSA) is 50.8 Å². The fourth-order valence-corrected chi connectivity index (χ4v) is 2.09. The Balaban J connectivity index is 1.83. The number of hydrogen-bond donors (Lipinski definition) is 1. The van der Waals surface area contributed by atoms with Gasteiger partial charge in [-0.25, -0.2) is 4.98 Å². The Bertz CT molecular complexity index is 474.